The summed E-state index contributed by atoms with van der Waals surface area (Å²) in [6.45, 7) is 5.64. The quantitative estimate of drug-likeness (QED) is 0.584. The number of nitrogens with zero attached hydrogens (tertiary/aromatic N) is 1. The first-order chi connectivity index (χ1) is 5.20. The highest BCUT2D eigenvalue weighted by Gasteiger charge is 1.95. The van der Waals surface area contributed by atoms with Gasteiger partial charge in [0.1, 0.15) is 5.82 Å². The van der Waals surface area contributed by atoms with Crippen LogP contribution < -0.4 is 5.73 Å². The van der Waals surface area contributed by atoms with E-state index in [-0.39, 0.29) is 5.82 Å². The zero-order valence-electron chi connectivity index (χ0n) is 7.06. The Morgan fingerprint density at radius 1 is 1.36 bits per heavy atom. The number of hydrogen-bond acceptors (Lipinski definition) is 2. The largest absolute Gasteiger partial charge is 0.384 e. The summed E-state index contributed by atoms with van der Waals surface area (Å²) in [4.78, 5) is 3.38. The minimum Gasteiger partial charge on any atom is -0.384 e. The van der Waals surface area contributed by atoms with Crippen molar-refractivity contribution in [2.24, 2.45) is 0 Å². The van der Waals surface area contributed by atoms with Gasteiger partial charge in [-0.15, -0.1) is 0 Å². The lowest BCUT2D eigenvalue weighted by Gasteiger charge is -1.93. The van der Waals surface area contributed by atoms with E-state index in [1.165, 1.54) is 0 Å². The molecule has 0 amide bonds. The molecule has 0 unspecified atom stereocenters. The second-order valence-corrected chi connectivity index (χ2v) is 1.84. The topological polar surface area (TPSA) is 38.9 Å². The third-order valence-corrected chi connectivity index (χ3v) is 1.06. The summed E-state index contributed by atoms with van der Waals surface area (Å²) in [5.74, 6) is -0.270. The number of aryl methyl sites for hydroxylation is 1. The molecule has 62 valence electrons. The smallest absolute Gasteiger partial charge is 0.217 e. The number of nitrogen functional groups attached to an aromatic ring is 1. The van der Waals surface area contributed by atoms with E-state index in [0.29, 0.717) is 5.56 Å². The fourth-order valence-corrected chi connectivity index (χ4v) is 0.518. The van der Waals surface area contributed by atoms with Crippen molar-refractivity contribution in [2.45, 2.75) is 20.8 Å². The summed E-state index contributed by atoms with van der Waals surface area (Å²) in [5.41, 5.74) is 5.69. The van der Waals surface area contributed by atoms with Gasteiger partial charge in [0.15, 0.2) is 0 Å². The summed E-state index contributed by atoms with van der Waals surface area (Å²) in [7, 11) is 0. The van der Waals surface area contributed by atoms with Gasteiger partial charge in [-0.05, 0) is 13.0 Å². The number of pyridine rings is 1. The molecule has 0 spiro atoms. The maximum absolute atomic E-state index is 12.4. The normalized spacial score (nSPS) is 8.36. The van der Waals surface area contributed by atoms with Crippen LogP contribution in [0.5, 0.6) is 0 Å². The van der Waals surface area contributed by atoms with Gasteiger partial charge >= 0.3 is 0 Å². The van der Waals surface area contributed by atoms with Gasteiger partial charge in [-0.25, -0.2) is 4.98 Å². The van der Waals surface area contributed by atoms with Crippen molar-refractivity contribution in [3.05, 3.63) is 23.6 Å². The van der Waals surface area contributed by atoms with Crippen LogP contribution in [0.25, 0.3) is 0 Å². The van der Waals surface area contributed by atoms with E-state index in [9.17, 15) is 4.39 Å². The van der Waals surface area contributed by atoms with Crippen molar-refractivity contribution in [2.75, 3.05) is 5.73 Å². The Hall–Kier alpha value is -1.12. The van der Waals surface area contributed by atoms with Gasteiger partial charge < -0.3 is 5.73 Å². The first-order valence-corrected chi connectivity index (χ1v) is 3.59. The van der Waals surface area contributed by atoms with E-state index in [1.807, 2.05) is 13.8 Å². The van der Waals surface area contributed by atoms with Crippen LogP contribution >= 0.6 is 0 Å². The summed E-state index contributed by atoms with van der Waals surface area (Å²) in [6.07, 6.45) is 0. The van der Waals surface area contributed by atoms with E-state index < -0.39 is 5.95 Å². The van der Waals surface area contributed by atoms with Crippen molar-refractivity contribution in [1.82, 2.24) is 4.98 Å². The maximum atomic E-state index is 12.4. The van der Waals surface area contributed by atoms with Gasteiger partial charge in [-0.3, -0.25) is 0 Å². The van der Waals surface area contributed by atoms with Crippen LogP contribution in [0.3, 0.4) is 0 Å². The highest BCUT2D eigenvalue weighted by atomic mass is 19.1. The van der Waals surface area contributed by atoms with Crippen LogP contribution in [0.15, 0.2) is 12.1 Å². The fraction of sp³-hybridized carbons (Fsp3) is 0.375. The number of halogens is 1. The molecule has 1 heterocycles. The van der Waals surface area contributed by atoms with E-state index in [1.54, 1.807) is 19.1 Å². The monoisotopic (exact) mass is 156 g/mol. The van der Waals surface area contributed by atoms with E-state index in [4.69, 9.17) is 5.73 Å². The van der Waals surface area contributed by atoms with Gasteiger partial charge in [0.2, 0.25) is 5.95 Å². The van der Waals surface area contributed by atoms with Crippen LogP contribution in [0.1, 0.15) is 19.4 Å². The van der Waals surface area contributed by atoms with Gasteiger partial charge in [0.25, 0.3) is 0 Å². The first-order valence-electron chi connectivity index (χ1n) is 3.59. The van der Waals surface area contributed by atoms with E-state index in [2.05, 4.69) is 4.98 Å². The van der Waals surface area contributed by atoms with Crippen molar-refractivity contribution >= 4 is 5.82 Å². The number of hydrogen-bond donors (Lipinski definition) is 1. The van der Waals surface area contributed by atoms with Gasteiger partial charge in [0, 0.05) is 5.56 Å². The lowest BCUT2D eigenvalue weighted by Crippen LogP contribution is -1.93. The second kappa shape index (κ2) is 4.66. The molecule has 0 saturated heterocycles. The fourth-order valence-electron chi connectivity index (χ4n) is 0.518. The Morgan fingerprint density at radius 2 is 1.91 bits per heavy atom. The molecule has 2 N–H and O–H groups in total. The average molecular weight is 156 g/mol. The standard InChI is InChI=1S/C6H7FN2.C2H6/c1-4-2-3-5(8)9-6(4)7;1-2/h2-3H,1H3,(H2,8,9);1-2H3. The molecule has 1 rings (SSSR count). The summed E-state index contributed by atoms with van der Waals surface area (Å²) >= 11 is 0. The molecular weight excluding hydrogens is 143 g/mol. The van der Waals surface area contributed by atoms with Crippen molar-refractivity contribution in [1.29, 1.82) is 0 Å². The predicted molar refractivity (Wildman–Crippen MR) is 44.7 cm³/mol. The summed E-state index contributed by atoms with van der Waals surface area (Å²) in [5, 5.41) is 0. The predicted octanol–water partition coefficient (Wildman–Crippen LogP) is 2.14. The zero-order valence-corrected chi connectivity index (χ0v) is 7.06. The summed E-state index contributed by atoms with van der Waals surface area (Å²) in [6, 6.07) is 3.16. The third-order valence-electron chi connectivity index (χ3n) is 1.06. The van der Waals surface area contributed by atoms with Crippen molar-refractivity contribution < 1.29 is 4.39 Å². The second-order valence-electron chi connectivity index (χ2n) is 1.84. The SMILES string of the molecule is CC.Cc1ccc(N)nc1F. The Balaban J connectivity index is 0.000000461. The highest BCUT2D eigenvalue weighted by Crippen LogP contribution is 2.04. The molecule has 0 aliphatic heterocycles. The van der Waals surface area contributed by atoms with Gasteiger partial charge in [-0.2, -0.15) is 4.39 Å². The van der Waals surface area contributed by atoms with Crippen molar-refractivity contribution in [3.63, 3.8) is 0 Å². The highest BCUT2D eigenvalue weighted by molar-refractivity contribution is 5.29. The summed E-state index contributed by atoms with van der Waals surface area (Å²) < 4.78 is 12.4. The molecule has 11 heavy (non-hydrogen) atoms. The average Bonchev–Trinajstić information content (AvgIpc) is 2.02. The lowest BCUT2D eigenvalue weighted by molar-refractivity contribution is 0.576. The third kappa shape index (κ3) is 2.98. The van der Waals surface area contributed by atoms with Crippen LogP contribution in [0.4, 0.5) is 10.2 Å². The lowest BCUT2D eigenvalue weighted by atomic mass is 10.3. The number of aromatic nitrogens is 1. The minimum absolute atomic E-state index is 0.220. The molecule has 0 atom stereocenters. The van der Waals surface area contributed by atoms with Crippen LogP contribution in [-0.4, -0.2) is 4.98 Å². The molecule has 1 aromatic rings. The van der Waals surface area contributed by atoms with Crippen LogP contribution in [-0.2, 0) is 0 Å². The molecule has 0 radical (unpaired) electrons. The Morgan fingerprint density at radius 3 is 2.27 bits per heavy atom. The molecule has 2 nitrogen and oxygen atoms in total. The number of nitrogens with two attached hydrogens (primary N) is 1. The Labute approximate surface area is 66.3 Å². The molecule has 3 heteroatoms. The van der Waals surface area contributed by atoms with Crippen molar-refractivity contribution in [3.8, 4) is 0 Å². The first kappa shape index (κ1) is 9.88. The molecule has 0 aliphatic carbocycles. The molecule has 0 aliphatic rings. The van der Waals surface area contributed by atoms with Crippen LogP contribution in [0.2, 0.25) is 0 Å². The number of rotatable bonds is 0. The van der Waals surface area contributed by atoms with Crippen LogP contribution in [0, 0.1) is 12.9 Å². The Bertz CT molecular complexity index is 223. The molecule has 0 aromatic carbocycles. The molecular formula is C8H13FN2. The van der Waals surface area contributed by atoms with Gasteiger partial charge in [0.05, 0.1) is 0 Å². The molecule has 0 fully saturated rings. The molecule has 1 aromatic heterocycles. The van der Waals surface area contributed by atoms with E-state index >= 15 is 0 Å². The van der Waals surface area contributed by atoms with Gasteiger partial charge in [-0.1, -0.05) is 19.9 Å². The van der Waals surface area contributed by atoms with E-state index in [0.717, 1.165) is 0 Å². The molecule has 0 bridgehead atoms. The number of anilines is 1. The maximum Gasteiger partial charge on any atom is 0.217 e. The molecule has 0 saturated carbocycles. The Kier molecular flexibility index (Phi) is 4.18. The zero-order chi connectivity index (χ0) is 8.85. The minimum atomic E-state index is -0.491.